The normalized spacial score (nSPS) is 15.5. The van der Waals surface area contributed by atoms with Crippen LogP contribution in [0.5, 0.6) is 5.75 Å². The van der Waals surface area contributed by atoms with Gasteiger partial charge in [0, 0.05) is 38.1 Å². The Kier molecular flexibility index (Phi) is 5.32. The van der Waals surface area contributed by atoms with Crippen molar-refractivity contribution in [2.45, 2.75) is 13.5 Å². The van der Waals surface area contributed by atoms with E-state index in [1.165, 1.54) is 5.56 Å². The molecule has 6 nitrogen and oxygen atoms in total. The molecule has 1 fully saturated rings. The Hall–Kier alpha value is -2.12. The second-order valence-corrected chi connectivity index (χ2v) is 6.77. The maximum absolute atomic E-state index is 10.8. The number of anilines is 1. The van der Waals surface area contributed by atoms with Crippen LogP contribution in [-0.2, 0) is 11.3 Å². The molecule has 0 radical (unpaired) electrons. The molecule has 1 aromatic carbocycles. The third kappa shape index (κ3) is 4.46. The molecule has 1 saturated heterocycles. The highest BCUT2D eigenvalue weighted by atomic mass is 32.1. The molecule has 0 atom stereocenters. The number of nitrogens with zero attached hydrogens (tertiary/aromatic N) is 3. The average molecular weight is 346 g/mol. The minimum atomic E-state index is -0.464. The Morgan fingerprint density at radius 2 is 2.12 bits per heavy atom. The molecule has 7 heteroatoms. The first-order valence-corrected chi connectivity index (χ1v) is 8.87. The van der Waals surface area contributed by atoms with Crippen molar-refractivity contribution in [2.75, 3.05) is 37.7 Å². The van der Waals surface area contributed by atoms with Crippen LogP contribution in [0, 0.1) is 6.92 Å². The number of carbonyl (C=O) groups is 1. The number of hydrogen-bond acceptors (Lipinski definition) is 6. The number of primary amides is 1. The molecule has 3 rings (SSSR count). The largest absolute Gasteiger partial charge is 0.484 e. The van der Waals surface area contributed by atoms with Crippen LogP contribution in [0.4, 0.5) is 5.13 Å². The number of rotatable bonds is 6. The number of piperazine rings is 1. The molecule has 0 spiro atoms. The molecule has 24 heavy (non-hydrogen) atoms. The first-order chi connectivity index (χ1) is 11.6. The predicted molar refractivity (Wildman–Crippen MR) is 95.5 cm³/mol. The lowest BCUT2D eigenvalue weighted by Gasteiger charge is -2.34. The number of carbonyl (C=O) groups excluding carboxylic acids is 1. The fraction of sp³-hybridized carbons (Fsp3) is 0.412. The molecule has 128 valence electrons. The van der Waals surface area contributed by atoms with E-state index in [4.69, 9.17) is 10.5 Å². The van der Waals surface area contributed by atoms with Gasteiger partial charge in [0.1, 0.15) is 5.75 Å². The van der Waals surface area contributed by atoms with Crippen molar-refractivity contribution in [1.82, 2.24) is 9.88 Å². The first kappa shape index (κ1) is 16.7. The highest BCUT2D eigenvalue weighted by molar-refractivity contribution is 7.13. The van der Waals surface area contributed by atoms with Crippen LogP contribution in [0.3, 0.4) is 0 Å². The Morgan fingerprint density at radius 1 is 1.33 bits per heavy atom. The molecule has 1 aliphatic heterocycles. The van der Waals surface area contributed by atoms with Crippen molar-refractivity contribution in [3.8, 4) is 5.75 Å². The summed E-state index contributed by atoms with van der Waals surface area (Å²) in [6.45, 7) is 6.81. The Bertz CT molecular complexity index is 695. The summed E-state index contributed by atoms with van der Waals surface area (Å²) in [5, 5.41) is 3.22. The van der Waals surface area contributed by atoms with Gasteiger partial charge in [0.25, 0.3) is 5.91 Å². The monoisotopic (exact) mass is 346 g/mol. The first-order valence-electron chi connectivity index (χ1n) is 7.99. The van der Waals surface area contributed by atoms with E-state index in [1.807, 2.05) is 25.1 Å². The van der Waals surface area contributed by atoms with Gasteiger partial charge in [-0.25, -0.2) is 4.98 Å². The van der Waals surface area contributed by atoms with Crippen molar-refractivity contribution in [1.29, 1.82) is 0 Å². The number of aryl methyl sites for hydroxylation is 1. The SMILES string of the molecule is Cc1csc(N2CCN(Cc3cccc(OCC(N)=O)c3)CC2)n1. The van der Waals surface area contributed by atoms with E-state index in [0.717, 1.165) is 43.5 Å². The zero-order valence-corrected chi connectivity index (χ0v) is 14.6. The molecule has 0 saturated carbocycles. The summed E-state index contributed by atoms with van der Waals surface area (Å²) in [4.78, 5) is 20.1. The van der Waals surface area contributed by atoms with E-state index in [2.05, 4.69) is 26.2 Å². The molecule has 0 aliphatic carbocycles. The van der Waals surface area contributed by atoms with Crippen LogP contribution in [0.25, 0.3) is 0 Å². The zero-order valence-electron chi connectivity index (χ0n) is 13.8. The summed E-state index contributed by atoms with van der Waals surface area (Å²) in [5.74, 6) is 0.220. The summed E-state index contributed by atoms with van der Waals surface area (Å²) in [6.07, 6.45) is 0. The number of benzene rings is 1. The predicted octanol–water partition coefficient (Wildman–Crippen LogP) is 1.64. The van der Waals surface area contributed by atoms with Crippen LogP contribution in [0.1, 0.15) is 11.3 Å². The smallest absolute Gasteiger partial charge is 0.255 e. The van der Waals surface area contributed by atoms with Gasteiger partial charge < -0.3 is 15.4 Å². The minimum absolute atomic E-state index is 0.0879. The maximum Gasteiger partial charge on any atom is 0.255 e. The van der Waals surface area contributed by atoms with Gasteiger partial charge in [-0.1, -0.05) is 12.1 Å². The molecular weight excluding hydrogens is 324 g/mol. The van der Waals surface area contributed by atoms with Crippen molar-refractivity contribution in [3.63, 3.8) is 0 Å². The van der Waals surface area contributed by atoms with Crippen molar-refractivity contribution < 1.29 is 9.53 Å². The van der Waals surface area contributed by atoms with Crippen LogP contribution in [0.2, 0.25) is 0 Å². The van der Waals surface area contributed by atoms with Crippen molar-refractivity contribution in [3.05, 3.63) is 40.9 Å². The zero-order chi connectivity index (χ0) is 16.9. The number of amides is 1. The van der Waals surface area contributed by atoms with Gasteiger partial charge in [-0.15, -0.1) is 11.3 Å². The molecule has 0 unspecified atom stereocenters. The molecule has 2 aromatic rings. The lowest BCUT2D eigenvalue weighted by molar-refractivity contribution is -0.119. The van der Waals surface area contributed by atoms with E-state index in [1.54, 1.807) is 11.3 Å². The van der Waals surface area contributed by atoms with Gasteiger partial charge in [0.05, 0.1) is 5.69 Å². The van der Waals surface area contributed by atoms with Gasteiger partial charge >= 0.3 is 0 Å². The summed E-state index contributed by atoms with van der Waals surface area (Å²) in [7, 11) is 0. The highest BCUT2D eigenvalue weighted by Crippen LogP contribution is 2.22. The number of nitrogens with two attached hydrogens (primary N) is 1. The van der Waals surface area contributed by atoms with Gasteiger partial charge in [0.15, 0.2) is 11.7 Å². The third-order valence-electron chi connectivity index (χ3n) is 3.94. The standard InChI is InChI=1S/C17H22N4O2S/c1-13-12-24-17(19-13)21-7-5-20(6-8-21)10-14-3-2-4-15(9-14)23-11-16(18)22/h2-4,9,12H,5-8,10-11H2,1H3,(H2,18,22). The number of aromatic nitrogens is 1. The summed E-state index contributed by atoms with van der Waals surface area (Å²) >= 11 is 1.71. The Labute approximate surface area is 145 Å². The molecule has 0 bridgehead atoms. The van der Waals surface area contributed by atoms with Crippen LogP contribution < -0.4 is 15.4 Å². The van der Waals surface area contributed by atoms with E-state index in [0.29, 0.717) is 5.75 Å². The Morgan fingerprint density at radius 3 is 2.79 bits per heavy atom. The minimum Gasteiger partial charge on any atom is -0.484 e. The second kappa shape index (κ2) is 7.63. The molecular formula is C17H22N4O2S. The fourth-order valence-corrected chi connectivity index (χ4v) is 3.59. The van der Waals surface area contributed by atoms with E-state index in [9.17, 15) is 4.79 Å². The molecule has 2 heterocycles. The van der Waals surface area contributed by atoms with Crippen LogP contribution >= 0.6 is 11.3 Å². The van der Waals surface area contributed by atoms with E-state index < -0.39 is 5.91 Å². The van der Waals surface area contributed by atoms with E-state index in [-0.39, 0.29) is 6.61 Å². The van der Waals surface area contributed by atoms with Gasteiger partial charge in [-0.2, -0.15) is 0 Å². The average Bonchev–Trinajstić information content (AvgIpc) is 3.00. The van der Waals surface area contributed by atoms with Crippen molar-refractivity contribution in [2.24, 2.45) is 5.73 Å². The topological polar surface area (TPSA) is 71.7 Å². The number of hydrogen-bond donors (Lipinski definition) is 1. The maximum atomic E-state index is 10.8. The summed E-state index contributed by atoms with van der Waals surface area (Å²) in [5.41, 5.74) is 7.37. The summed E-state index contributed by atoms with van der Waals surface area (Å²) in [6, 6.07) is 7.84. The molecule has 1 aliphatic rings. The second-order valence-electron chi connectivity index (χ2n) is 5.94. The van der Waals surface area contributed by atoms with Crippen molar-refractivity contribution >= 4 is 22.4 Å². The molecule has 1 aromatic heterocycles. The molecule has 2 N–H and O–H groups in total. The third-order valence-corrected chi connectivity index (χ3v) is 4.95. The van der Waals surface area contributed by atoms with Gasteiger partial charge in [-0.3, -0.25) is 9.69 Å². The summed E-state index contributed by atoms with van der Waals surface area (Å²) < 4.78 is 5.37. The lowest BCUT2D eigenvalue weighted by atomic mass is 10.2. The fourth-order valence-electron chi connectivity index (χ4n) is 2.73. The van der Waals surface area contributed by atoms with E-state index >= 15 is 0 Å². The number of thiazole rings is 1. The molecule has 1 amide bonds. The Balaban J connectivity index is 1.52. The van der Waals surface area contributed by atoms with Crippen LogP contribution in [0.15, 0.2) is 29.6 Å². The lowest BCUT2D eigenvalue weighted by Crippen LogP contribution is -2.45. The van der Waals surface area contributed by atoms with Gasteiger partial charge in [0.2, 0.25) is 0 Å². The number of ether oxygens (including phenoxy) is 1. The highest BCUT2D eigenvalue weighted by Gasteiger charge is 2.19. The van der Waals surface area contributed by atoms with Gasteiger partial charge in [-0.05, 0) is 24.6 Å². The van der Waals surface area contributed by atoms with Crippen LogP contribution in [-0.4, -0.2) is 48.6 Å². The quantitative estimate of drug-likeness (QED) is 0.861.